The van der Waals surface area contributed by atoms with Crippen molar-refractivity contribution < 1.29 is 23.9 Å². The summed E-state index contributed by atoms with van der Waals surface area (Å²) in [4.78, 5) is 37.9. The smallest absolute Gasteiger partial charge is 0.255 e. The molecule has 1 saturated heterocycles. The van der Waals surface area contributed by atoms with E-state index >= 15 is 0 Å². The topological polar surface area (TPSA) is 117 Å². The number of rotatable bonds is 4. The number of nitrogens with one attached hydrogen (secondary N) is 1. The fourth-order valence-corrected chi connectivity index (χ4v) is 4.08. The van der Waals surface area contributed by atoms with Gasteiger partial charge < -0.3 is 10.0 Å². The third-order valence-corrected chi connectivity index (χ3v) is 5.75. The summed E-state index contributed by atoms with van der Waals surface area (Å²) in [5.74, 6) is -1.55. The molecule has 2 aromatic carbocycles. The summed E-state index contributed by atoms with van der Waals surface area (Å²) in [5.41, 5.74) is 3.10. The number of carbonyl (C=O) groups excluding carboxylic acids is 3. The fourth-order valence-electron chi connectivity index (χ4n) is 4.08. The Bertz CT molecular complexity index is 1270. The molecule has 9 nitrogen and oxygen atoms in total. The Labute approximate surface area is 181 Å². The zero-order valence-corrected chi connectivity index (χ0v) is 16.8. The Balaban J connectivity index is 1.42. The molecule has 1 unspecified atom stereocenters. The van der Waals surface area contributed by atoms with Crippen molar-refractivity contribution in [2.24, 2.45) is 0 Å². The van der Waals surface area contributed by atoms with Crippen LogP contribution in [0.1, 0.15) is 34.3 Å². The number of hydrogen-bond donors (Lipinski definition) is 2. The van der Waals surface area contributed by atoms with Crippen LogP contribution >= 0.6 is 0 Å². The molecule has 1 aromatic heterocycles. The Hall–Kier alpha value is -3.92. The minimum Gasteiger partial charge on any atom is -0.392 e. The van der Waals surface area contributed by atoms with E-state index in [0.717, 1.165) is 5.56 Å². The van der Waals surface area contributed by atoms with Crippen LogP contribution in [0.25, 0.3) is 16.9 Å². The van der Waals surface area contributed by atoms with Gasteiger partial charge in [-0.1, -0.05) is 17.3 Å². The van der Waals surface area contributed by atoms with Gasteiger partial charge in [-0.2, -0.15) is 0 Å². The van der Waals surface area contributed by atoms with Crippen LogP contribution in [0.2, 0.25) is 0 Å². The molecule has 0 aliphatic carbocycles. The molecule has 5 rings (SSSR count). The lowest BCUT2D eigenvalue weighted by atomic mass is 10.0. The molecular formula is C22H18FN5O4. The molecule has 0 bridgehead atoms. The van der Waals surface area contributed by atoms with E-state index in [2.05, 4.69) is 15.6 Å². The van der Waals surface area contributed by atoms with E-state index in [0.29, 0.717) is 28.8 Å². The van der Waals surface area contributed by atoms with Crippen LogP contribution in [0.4, 0.5) is 4.39 Å². The Morgan fingerprint density at radius 1 is 1.16 bits per heavy atom. The molecule has 10 heteroatoms. The van der Waals surface area contributed by atoms with Gasteiger partial charge in [-0.3, -0.25) is 19.7 Å². The number of hydrogen-bond acceptors (Lipinski definition) is 6. The fraction of sp³-hybridized carbons (Fsp3) is 0.227. The minimum absolute atomic E-state index is 0.163. The molecular weight excluding hydrogens is 417 g/mol. The van der Waals surface area contributed by atoms with E-state index in [9.17, 15) is 23.9 Å². The van der Waals surface area contributed by atoms with E-state index in [4.69, 9.17) is 0 Å². The van der Waals surface area contributed by atoms with Crippen molar-refractivity contribution in [3.63, 3.8) is 0 Å². The van der Waals surface area contributed by atoms with Crippen molar-refractivity contribution in [1.82, 2.24) is 25.2 Å². The van der Waals surface area contributed by atoms with Crippen LogP contribution in [0, 0.1) is 5.82 Å². The number of imide groups is 1. The average Bonchev–Trinajstić information content (AvgIpc) is 3.39. The SMILES string of the molecule is O=C1CCC(N2Cc3cc(-c4cn(-c5cc(CO)ccc5F)nn4)ccc3C2=O)C(=O)N1. The summed E-state index contributed by atoms with van der Waals surface area (Å²) in [6.07, 6.45) is 2.05. The van der Waals surface area contributed by atoms with Crippen LogP contribution in [0.15, 0.2) is 42.6 Å². The second kappa shape index (κ2) is 7.65. The molecule has 3 heterocycles. The molecule has 0 radical (unpaired) electrons. The van der Waals surface area contributed by atoms with Crippen molar-refractivity contribution >= 4 is 17.7 Å². The third kappa shape index (κ3) is 3.34. The number of aromatic nitrogens is 3. The minimum atomic E-state index is -0.682. The molecule has 162 valence electrons. The molecule has 0 spiro atoms. The second-order valence-electron chi connectivity index (χ2n) is 7.76. The summed E-state index contributed by atoms with van der Waals surface area (Å²) in [6, 6.07) is 8.75. The number of amides is 3. The maximum absolute atomic E-state index is 14.2. The van der Waals surface area contributed by atoms with Gasteiger partial charge in [-0.05, 0) is 41.8 Å². The lowest BCUT2D eigenvalue weighted by molar-refractivity contribution is -0.136. The van der Waals surface area contributed by atoms with Gasteiger partial charge in [-0.15, -0.1) is 5.10 Å². The lowest BCUT2D eigenvalue weighted by Crippen LogP contribution is -2.52. The van der Waals surface area contributed by atoms with E-state index in [1.54, 1.807) is 24.4 Å². The highest BCUT2D eigenvalue weighted by atomic mass is 19.1. The first-order valence-corrected chi connectivity index (χ1v) is 10.0. The summed E-state index contributed by atoms with van der Waals surface area (Å²) < 4.78 is 15.5. The standard InChI is InChI=1S/C22H18FN5O4/c23-16-4-1-12(11-29)7-19(16)28-10-17(25-26-28)13-2-3-15-14(8-13)9-27(22(15)32)18-5-6-20(30)24-21(18)31/h1-4,7-8,10,18,29H,5-6,9,11H2,(H,24,30,31). The molecule has 32 heavy (non-hydrogen) atoms. The van der Waals surface area contributed by atoms with E-state index in [1.807, 2.05) is 0 Å². The zero-order valence-electron chi connectivity index (χ0n) is 16.8. The number of benzene rings is 2. The normalized spacial score (nSPS) is 18.1. The van der Waals surface area contributed by atoms with Crippen LogP contribution < -0.4 is 5.32 Å². The Kier molecular flexibility index (Phi) is 4.78. The molecule has 0 saturated carbocycles. The van der Waals surface area contributed by atoms with E-state index in [1.165, 1.54) is 27.8 Å². The van der Waals surface area contributed by atoms with Gasteiger partial charge in [0, 0.05) is 24.1 Å². The summed E-state index contributed by atoms with van der Waals surface area (Å²) in [5, 5.41) is 19.7. The first-order valence-electron chi connectivity index (χ1n) is 10.0. The molecule has 3 amide bonds. The Morgan fingerprint density at radius 2 is 2.00 bits per heavy atom. The van der Waals surface area contributed by atoms with Crippen molar-refractivity contribution in [3.8, 4) is 16.9 Å². The van der Waals surface area contributed by atoms with Gasteiger partial charge in [0.2, 0.25) is 11.8 Å². The number of piperidine rings is 1. The van der Waals surface area contributed by atoms with Gasteiger partial charge in [0.15, 0.2) is 0 Å². The van der Waals surface area contributed by atoms with Gasteiger partial charge in [0.25, 0.3) is 5.91 Å². The molecule has 1 fully saturated rings. The zero-order chi connectivity index (χ0) is 22.4. The summed E-state index contributed by atoms with van der Waals surface area (Å²) >= 11 is 0. The highest BCUT2D eigenvalue weighted by molar-refractivity contribution is 6.05. The van der Waals surface area contributed by atoms with Crippen LogP contribution in [0.3, 0.4) is 0 Å². The molecule has 3 aromatic rings. The first kappa shape index (κ1) is 20.0. The van der Waals surface area contributed by atoms with Crippen LogP contribution in [0.5, 0.6) is 0 Å². The largest absolute Gasteiger partial charge is 0.392 e. The van der Waals surface area contributed by atoms with Gasteiger partial charge in [0.1, 0.15) is 23.2 Å². The average molecular weight is 435 g/mol. The third-order valence-electron chi connectivity index (χ3n) is 5.75. The van der Waals surface area contributed by atoms with Crippen molar-refractivity contribution in [2.45, 2.75) is 32.0 Å². The monoisotopic (exact) mass is 435 g/mol. The number of fused-ring (bicyclic) bond motifs is 1. The maximum atomic E-state index is 14.2. The predicted molar refractivity (Wildman–Crippen MR) is 109 cm³/mol. The highest BCUT2D eigenvalue weighted by Gasteiger charge is 2.39. The number of nitrogens with zero attached hydrogens (tertiary/aromatic N) is 4. The first-order chi connectivity index (χ1) is 15.4. The van der Waals surface area contributed by atoms with Gasteiger partial charge in [-0.25, -0.2) is 9.07 Å². The number of aliphatic hydroxyl groups excluding tert-OH is 1. The van der Waals surface area contributed by atoms with E-state index < -0.39 is 17.8 Å². The Morgan fingerprint density at radius 3 is 2.78 bits per heavy atom. The predicted octanol–water partition coefficient (Wildman–Crippen LogP) is 1.33. The van der Waals surface area contributed by atoms with Gasteiger partial charge in [0.05, 0.1) is 12.8 Å². The molecule has 2 aliphatic rings. The van der Waals surface area contributed by atoms with E-state index in [-0.39, 0.29) is 37.1 Å². The second-order valence-corrected chi connectivity index (χ2v) is 7.76. The van der Waals surface area contributed by atoms with Crippen LogP contribution in [-0.2, 0) is 22.7 Å². The summed E-state index contributed by atoms with van der Waals surface area (Å²) in [6.45, 7) is 0.0208. The molecule has 2 N–H and O–H groups in total. The number of halogens is 1. The summed E-state index contributed by atoms with van der Waals surface area (Å²) in [7, 11) is 0. The maximum Gasteiger partial charge on any atom is 0.255 e. The van der Waals surface area contributed by atoms with Crippen molar-refractivity contribution in [3.05, 3.63) is 65.1 Å². The highest BCUT2D eigenvalue weighted by Crippen LogP contribution is 2.31. The molecule has 1 atom stereocenters. The van der Waals surface area contributed by atoms with Crippen LogP contribution in [-0.4, -0.2) is 48.8 Å². The van der Waals surface area contributed by atoms with Crippen molar-refractivity contribution in [2.75, 3.05) is 0 Å². The molecule has 2 aliphatic heterocycles. The number of carbonyl (C=O) groups is 3. The number of aliphatic hydroxyl groups is 1. The lowest BCUT2D eigenvalue weighted by Gasteiger charge is -2.29. The quantitative estimate of drug-likeness (QED) is 0.597. The van der Waals surface area contributed by atoms with Crippen molar-refractivity contribution in [1.29, 1.82) is 0 Å². The van der Waals surface area contributed by atoms with Gasteiger partial charge >= 0.3 is 0 Å².